The van der Waals surface area contributed by atoms with Crippen LogP contribution in [-0.4, -0.2) is 23.7 Å². The van der Waals surface area contributed by atoms with E-state index in [0.717, 1.165) is 6.29 Å². The monoisotopic (exact) mass is 146 g/mol. The van der Waals surface area contributed by atoms with Gasteiger partial charge in [-0.2, -0.15) is 0 Å². The van der Waals surface area contributed by atoms with Crippen molar-refractivity contribution in [2.24, 2.45) is 5.92 Å². The van der Waals surface area contributed by atoms with Gasteiger partial charge in [-0.25, -0.2) is 4.39 Å². The molecule has 1 fully saturated rings. The number of carbonyl (C=O) groups is 1. The molecule has 58 valence electrons. The summed E-state index contributed by atoms with van der Waals surface area (Å²) in [6.45, 7) is 0. The smallest absolute Gasteiger partial charge is 0.127 e. The van der Waals surface area contributed by atoms with Gasteiger partial charge in [-0.3, -0.25) is 0 Å². The van der Waals surface area contributed by atoms with Crippen LogP contribution >= 0.6 is 0 Å². The predicted molar refractivity (Wildman–Crippen MR) is 34.3 cm³/mol. The molecule has 0 aromatic heterocycles. The van der Waals surface area contributed by atoms with E-state index in [1.54, 1.807) is 0 Å². The Morgan fingerprint density at radius 3 is 2.70 bits per heavy atom. The standard InChI is InChI=1S/C7H11FO2/c8-6-3-5(4-9)1-2-7(6)10/h4-7,10H,1-3H2. The van der Waals surface area contributed by atoms with Crippen LogP contribution in [0, 0.1) is 5.92 Å². The summed E-state index contributed by atoms with van der Waals surface area (Å²) in [5.41, 5.74) is 0. The molecule has 3 heteroatoms. The number of aldehydes is 1. The summed E-state index contributed by atoms with van der Waals surface area (Å²) in [5.74, 6) is -0.168. The van der Waals surface area contributed by atoms with Crippen molar-refractivity contribution in [1.29, 1.82) is 0 Å². The number of alkyl halides is 1. The molecule has 1 saturated carbocycles. The molecule has 0 aromatic carbocycles. The van der Waals surface area contributed by atoms with E-state index in [9.17, 15) is 9.18 Å². The van der Waals surface area contributed by atoms with Crippen LogP contribution < -0.4 is 0 Å². The SMILES string of the molecule is O=CC1CCC(O)C(F)C1. The van der Waals surface area contributed by atoms with Crippen molar-refractivity contribution in [3.63, 3.8) is 0 Å². The third kappa shape index (κ3) is 1.53. The number of rotatable bonds is 1. The molecule has 2 nitrogen and oxygen atoms in total. The molecule has 0 radical (unpaired) electrons. The van der Waals surface area contributed by atoms with E-state index < -0.39 is 12.3 Å². The Hall–Kier alpha value is -0.440. The zero-order chi connectivity index (χ0) is 7.56. The van der Waals surface area contributed by atoms with Gasteiger partial charge in [0.05, 0.1) is 6.10 Å². The van der Waals surface area contributed by atoms with Crippen molar-refractivity contribution in [3.05, 3.63) is 0 Å². The number of carbonyl (C=O) groups excluding carboxylic acids is 1. The number of aliphatic hydroxyl groups excluding tert-OH is 1. The second kappa shape index (κ2) is 3.10. The fraction of sp³-hybridized carbons (Fsp3) is 0.857. The number of hydrogen-bond acceptors (Lipinski definition) is 2. The second-order valence-corrected chi connectivity index (χ2v) is 2.79. The first-order valence-corrected chi connectivity index (χ1v) is 3.51. The van der Waals surface area contributed by atoms with Gasteiger partial charge in [-0.15, -0.1) is 0 Å². The molecule has 1 N–H and O–H groups in total. The quantitative estimate of drug-likeness (QED) is 0.552. The van der Waals surface area contributed by atoms with Gasteiger partial charge >= 0.3 is 0 Å². The normalized spacial score (nSPS) is 41.2. The van der Waals surface area contributed by atoms with E-state index in [2.05, 4.69) is 0 Å². The van der Waals surface area contributed by atoms with Crippen LogP contribution in [0.4, 0.5) is 4.39 Å². The maximum atomic E-state index is 12.6. The number of hydrogen-bond donors (Lipinski definition) is 1. The molecule has 3 atom stereocenters. The minimum atomic E-state index is -1.19. The summed E-state index contributed by atoms with van der Waals surface area (Å²) in [5, 5.41) is 8.90. The highest BCUT2D eigenvalue weighted by molar-refractivity contribution is 5.53. The fourth-order valence-electron chi connectivity index (χ4n) is 1.25. The van der Waals surface area contributed by atoms with Gasteiger partial charge in [0.15, 0.2) is 0 Å². The fourth-order valence-corrected chi connectivity index (χ4v) is 1.25. The van der Waals surface area contributed by atoms with Gasteiger partial charge < -0.3 is 9.90 Å². The number of halogens is 1. The first-order valence-electron chi connectivity index (χ1n) is 3.51. The van der Waals surface area contributed by atoms with Crippen molar-refractivity contribution in [3.8, 4) is 0 Å². The summed E-state index contributed by atoms with van der Waals surface area (Å²) >= 11 is 0. The molecule has 1 aliphatic rings. The second-order valence-electron chi connectivity index (χ2n) is 2.79. The Balaban J connectivity index is 2.40. The van der Waals surface area contributed by atoms with Crippen LogP contribution in [0.2, 0.25) is 0 Å². The first kappa shape index (κ1) is 7.66. The van der Waals surface area contributed by atoms with Crippen molar-refractivity contribution >= 4 is 6.29 Å². The van der Waals surface area contributed by atoms with E-state index in [-0.39, 0.29) is 12.3 Å². The Labute approximate surface area is 59.0 Å². The Morgan fingerprint density at radius 2 is 2.20 bits per heavy atom. The summed E-state index contributed by atoms with van der Waals surface area (Å²) in [4.78, 5) is 10.2. The lowest BCUT2D eigenvalue weighted by atomic mass is 9.87. The van der Waals surface area contributed by atoms with Gasteiger partial charge in [0.25, 0.3) is 0 Å². The lowest BCUT2D eigenvalue weighted by molar-refractivity contribution is -0.113. The number of aliphatic hydroxyl groups is 1. The third-order valence-electron chi connectivity index (χ3n) is 1.97. The average molecular weight is 146 g/mol. The molecule has 0 aliphatic heterocycles. The van der Waals surface area contributed by atoms with Crippen molar-refractivity contribution in [1.82, 2.24) is 0 Å². The highest BCUT2D eigenvalue weighted by atomic mass is 19.1. The predicted octanol–water partition coefficient (Wildman–Crippen LogP) is 0.684. The van der Waals surface area contributed by atoms with Crippen LogP contribution in [0.25, 0.3) is 0 Å². The zero-order valence-electron chi connectivity index (χ0n) is 5.66. The minimum absolute atomic E-state index is 0.168. The van der Waals surface area contributed by atoms with E-state index in [4.69, 9.17) is 5.11 Å². The Kier molecular flexibility index (Phi) is 2.38. The highest BCUT2D eigenvalue weighted by Gasteiger charge is 2.28. The van der Waals surface area contributed by atoms with Crippen molar-refractivity contribution < 1.29 is 14.3 Å². The van der Waals surface area contributed by atoms with Crippen LogP contribution in [0.15, 0.2) is 0 Å². The van der Waals surface area contributed by atoms with Gasteiger partial charge in [-0.05, 0) is 19.3 Å². The van der Waals surface area contributed by atoms with E-state index >= 15 is 0 Å². The molecular weight excluding hydrogens is 135 g/mol. The van der Waals surface area contributed by atoms with Crippen LogP contribution in [0.5, 0.6) is 0 Å². The summed E-state index contributed by atoms with van der Waals surface area (Å²) in [7, 11) is 0. The lowest BCUT2D eigenvalue weighted by Gasteiger charge is -2.24. The maximum absolute atomic E-state index is 12.6. The largest absolute Gasteiger partial charge is 0.390 e. The molecule has 1 aliphatic carbocycles. The molecule has 1 rings (SSSR count). The molecule has 0 saturated heterocycles. The molecule has 0 amide bonds. The van der Waals surface area contributed by atoms with Crippen molar-refractivity contribution in [2.75, 3.05) is 0 Å². The zero-order valence-corrected chi connectivity index (χ0v) is 5.66. The lowest BCUT2D eigenvalue weighted by Crippen LogP contribution is -2.30. The van der Waals surface area contributed by atoms with Crippen LogP contribution in [0.1, 0.15) is 19.3 Å². The van der Waals surface area contributed by atoms with Crippen LogP contribution in [0.3, 0.4) is 0 Å². The highest BCUT2D eigenvalue weighted by Crippen LogP contribution is 2.24. The van der Waals surface area contributed by atoms with Gasteiger partial charge in [0, 0.05) is 5.92 Å². The molecular formula is C7H11FO2. The average Bonchev–Trinajstić information content (AvgIpc) is 1.95. The van der Waals surface area contributed by atoms with Crippen molar-refractivity contribution in [2.45, 2.75) is 31.5 Å². The van der Waals surface area contributed by atoms with Gasteiger partial charge in [0.1, 0.15) is 12.5 Å². The Bertz CT molecular complexity index is 127. The van der Waals surface area contributed by atoms with Gasteiger partial charge in [-0.1, -0.05) is 0 Å². The summed E-state index contributed by atoms with van der Waals surface area (Å²) < 4.78 is 12.6. The first-order chi connectivity index (χ1) is 4.74. The van der Waals surface area contributed by atoms with Crippen LogP contribution in [-0.2, 0) is 4.79 Å². The molecule has 0 bridgehead atoms. The molecule has 3 unspecified atom stereocenters. The third-order valence-corrected chi connectivity index (χ3v) is 1.97. The Morgan fingerprint density at radius 1 is 1.50 bits per heavy atom. The van der Waals surface area contributed by atoms with E-state index in [0.29, 0.717) is 12.8 Å². The molecule has 0 spiro atoms. The van der Waals surface area contributed by atoms with Gasteiger partial charge in [0.2, 0.25) is 0 Å². The van der Waals surface area contributed by atoms with E-state index in [1.807, 2.05) is 0 Å². The molecule has 0 heterocycles. The summed E-state index contributed by atoms with van der Waals surface area (Å²) in [6, 6.07) is 0. The van der Waals surface area contributed by atoms with E-state index in [1.165, 1.54) is 0 Å². The minimum Gasteiger partial charge on any atom is -0.390 e. The summed E-state index contributed by atoms with van der Waals surface area (Å²) in [6.07, 6.45) is -0.00106. The molecule has 10 heavy (non-hydrogen) atoms. The topological polar surface area (TPSA) is 37.3 Å². The molecule has 0 aromatic rings. The maximum Gasteiger partial charge on any atom is 0.127 e.